The first-order chi connectivity index (χ1) is 9.26. The third kappa shape index (κ3) is 3.26. The number of rotatable bonds is 6. The van der Waals surface area contributed by atoms with Gasteiger partial charge in [-0.05, 0) is 43.5 Å². The van der Waals surface area contributed by atoms with Gasteiger partial charge in [0.1, 0.15) is 5.75 Å². The predicted octanol–water partition coefficient (Wildman–Crippen LogP) is 1.80. The zero-order chi connectivity index (χ0) is 13.7. The van der Waals surface area contributed by atoms with E-state index in [0.717, 1.165) is 25.0 Å². The van der Waals surface area contributed by atoms with Gasteiger partial charge < -0.3 is 15.4 Å². The van der Waals surface area contributed by atoms with Gasteiger partial charge in [-0.1, -0.05) is 12.1 Å². The van der Waals surface area contributed by atoms with E-state index in [-0.39, 0.29) is 5.91 Å². The standard InChI is InChI=1S/C15H22N2O2/c1-16-13-9-8-12-11(13)5-3-6-14(12)19-10-4-7-15(18)17-2/h3,5-6,13,16H,4,7-10H2,1-2H3,(H,17,18). The Bertz CT molecular complexity index is 446. The first kappa shape index (κ1) is 13.9. The van der Waals surface area contributed by atoms with Crippen molar-refractivity contribution in [3.8, 4) is 5.75 Å². The molecule has 0 saturated heterocycles. The van der Waals surface area contributed by atoms with E-state index >= 15 is 0 Å². The van der Waals surface area contributed by atoms with Gasteiger partial charge in [0, 0.05) is 19.5 Å². The monoisotopic (exact) mass is 262 g/mol. The van der Waals surface area contributed by atoms with Gasteiger partial charge in [0.25, 0.3) is 0 Å². The van der Waals surface area contributed by atoms with Crippen molar-refractivity contribution in [3.63, 3.8) is 0 Å². The quantitative estimate of drug-likeness (QED) is 0.769. The second kappa shape index (κ2) is 6.57. The summed E-state index contributed by atoms with van der Waals surface area (Å²) < 4.78 is 5.83. The van der Waals surface area contributed by atoms with Crippen molar-refractivity contribution in [3.05, 3.63) is 29.3 Å². The molecule has 1 amide bonds. The largest absolute Gasteiger partial charge is 0.493 e. The van der Waals surface area contributed by atoms with Crippen LogP contribution in [0.4, 0.5) is 0 Å². The number of hydrogen-bond acceptors (Lipinski definition) is 3. The van der Waals surface area contributed by atoms with E-state index in [0.29, 0.717) is 19.1 Å². The highest BCUT2D eigenvalue weighted by atomic mass is 16.5. The van der Waals surface area contributed by atoms with Crippen molar-refractivity contribution >= 4 is 5.91 Å². The maximum atomic E-state index is 11.1. The van der Waals surface area contributed by atoms with Crippen LogP contribution in [-0.2, 0) is 11.2 Å². The van der Waals surface area contributed by atoms with Gasteiger partial charge in [-0.15, -0.1) is 0 Å². The van der Waals surface area contributed by atoms with E-state index in [1.54, 1.807) is 7.05 Å². The van der Waals surface area contributed by atoms with E-state index in [4.69, 9.17) is 4.74 Å². The topological polar surface area (TPSA) is 50.4 Å². The second-order valence-electron chi connectivity index (χ2n) is 4.83. The number of amides is 1. The van der Waals surface area contributed by atoms with E-state index in [1.807, 2.05) is 19.2 Å². The maximum absolute atomic E-state index is 11.1. The molecule has 0 fully saturated rings. The van der Waals surface area contributed by atoms with Crippen LogP contribution in [0, 0.1) is 0 Å². The van der Waals surface area contributed by atoms with Gasteiger partial charge in [0.05, 0.1) is 6.61 Å². The molecule has 2 N–H and O–H groups in total. The number of fused-ring (bicyclic) bond motifs is 1. The van der Waals surface area contributed by atoms with E-state index < -0.39 is 0 Å². The minimum absolute atomic E-state index is 0.0668. The Morgan fingerprint density at radius 3 is 3.00 bits per heavy atom. The Balaban J connectivity index is 1.91. The molecule has 1 unspecified atom stereocenters. The van der Waals surface area contributed by atoms with Crippen LogP contribution in [0.25, 0.3) is 0 Å². The molecule has 0 spiro atoms. The molecule has 0 saturated carbocycles. The summed E-state index contributed by atoms with van der Waals surface area (Å²) in [4.78, 5) is 11.1. The van der Waals surface area contributed by atoms with Gasteiger partial charge in [-0.3, -0.25) is 4.79 Å². The van der Waals surface area contributed by atoms with Gasteiger partial charge in [0.15, 0.2) is 0 Å². The molecule has 0 aromatic heterocycles. The van der Waals surface area contributed by atoms with Gasteiger partial charge in [-0.2, -0.15) is 0 Å². The van der Waals surface area contributed by atoms with Gasteiger partial charge in [-0.25, -0.2) is 0 Å². The average molecular weight is 262 g/mol. The summed E-state index contributed by atoms with van der Waals surface area (Å²) in [6, 6.07) is 6.68. The molecule has 0 bridgehead atoms. The first-order valence-electron chi connectivity index (χ1n) is 6.88. The zero-order valence-electron chi connectivity index (χ0n) is 11.7. The summed E-state index contributed by atoms with van der Waals surface area (Å²) in [6.07, 6.45) is 3.46. The molecule has 0 radical (unpaired) electrons. The van der Waals surface area contributed by atoms with Crippen molar-refractivity contribution in [2.45, 2.75) is 31.7 Å². The molecule has 1 aromatic carbocycles. The predicted molar refractivity (Wildman–Crippen MR) is 75.4 cm³/mol. The highest BCUT2D eigenvalue weighted by molar-refractivity contribution is 5.75. The zero-order valence-corrected chi connectivity index (χ0v) is 11.7. The fourth-order valence-electron chi connectivity index (χ4n) is 2.60. The van der Waals surface area contributed by atoms with Crippen LogP contribution in [0.5, 0.6) is 5.75 Å². The fraction of sp³-hybridized carbons (Fsp3) is 0.533. The molecule has 1 aromatic rings. The molecular weight excluding hydrogens is 240 g/mol. The number of carbonyl (C=O) groups excluding carboxylic acids is 1. The second-order valence-corrected chi connectivity index (χ2v) is 4.83. The molecule has 104 valence electrons. The summed E-state index contributed by atoms with van der Waals surface area (Å²) >= 11 is 0. The number of benzene rings is 1. The lowest BCUT2D eigenvalue weighted by molar-refractivity contribution is -0.120. The van der Waals surface area contributed by atoms with Crippen LogP contribution in [0.3, 0.4) is 0 Å². The molecule has 1 atom stereocenters. The first-order valence-corrected chi connectivity index (χ1v) is 6.88. The normalized spacial score (nSPS) is 17.1. The highest BCUT2D eigenvalue weighted by Gasteiger charge is 2.23. The average Bonchev–Trinajstić information content (AvgIpc) is 2.87. The SMILES string of the molecule is CNC(=O)CCCOc1cccc2c1CCC2NC. The Hall–Kier alpha value is -1.55. The lowest BCUT2D eigenvalue weighted by atomic mass is 10.1. The smallest absolute Gasteiger partial charge is 0.219 e. The number of nitrogens with one attached hydrogen (secondary N) is 2. The number of hydrogen-bond donors (Lipinski definition) is 2. The Labute approximate surface area is 114 Å². The third-order valence-electron chi connectivity index (χ3n) is 3.66. The summed E-state index contributed by atoms with van der Waals surface area (Å²) in [7, 11) is 3.65. The Morgan fingerprint density at radius 1 is 1.42 bits per heavy atom. The van der Waals surface area contributed by atoms with E-state index in [9.17, 15) is 4.79 Å². The number of carbonyl (C=O) groups is 1. The van der Waals surface area contributed by atoms with E-state index in [2.05, 4.69) is 16.7 Å². The Morgan fingerprint density at radius 2 is 2.26 bits per heavy atom. The molecule has 0 heterocycles. The third-order valence-corrected chi connectivity index (χ3v) is 3.66. The summed E-state index contributed by atoms with van der Waals surface area (Å²) in [5.74, 6) is 1.05. The molecule has 4 heteroatoms. The van der Waals surface area contributed by atoms with Gasteiger partial charge >= 0.3 is 0 Å². The lowest BCUT2D eigenvalue weighted by Crippen LogP contribution is -2.18. The molecule has 19 heavy (non-hydrogen) atoms. The van der Waals surface area contributed by atoms with E-state index in [1.165, 1.54) is 11.1 Å². The fourth-order valence-corrected chi connectivity index (χ4v) is 2.60. The van der Waals surface area contributed by atoms with Crippen LogP contribution in [0.2, 0.25) is 0 Å². The van der Waals surface area contributed by atoms with Crippen molar-refractivity contribution in [1.29, 1.82) is 0 Å². The highest BCUT2D eigenvalue weighted by Crippen LogP contribution is 2.36. The van der Waals surface area contributed by atoms with Crippen molar-refractivity contribution in [1.82, 2.24) is 10.6 Å². The molecular formula is C15H22N2O2. The van der Waals surface area contributed by atoms with Crippen LogP contribution >= 0.6 is 0 Å². The minimum atomic E-state index is 0.0668. The van der Waals surface area contributed by atoms with Gasteiger partial charge in [0.2, 0.25) is 5.91 Å². The van der Waals surface area contributed by atoms with Crippen molar-refractivity contribution < 1.29 is 9.53 Å². The molecule has 0 aliphatic heterocycles. The van der Waals surface area contributed by atoms with Crippen LogP contribution in [0.1, 0.15) is 36.4 Å². The summed E-state index contributed by atoms with van der Waals surface area (Å²) in [6.45, 7) is 0.591. The molecule has 1 aliphatic carbocycles. The summed E-state index contributed by atoms with van der Waals surface area (Å²) in [5.41, 5.74) is 2.67. The van der Waals surface area contributed by atoms with Crippen LogP contribution in [-0.4, -0.2) is 26.6 Å². The van der Waals surface area contributed by atoms with Crippen LogP contribution < -0.4 is 15.4 Å². The Kier molecular flexibility index (Phi) is 4.80. The molecule has 4 nitrogen and oxygen atoms in total. The summed E-state index contributed by atoms with van der Waals surface area (Å²) in [5, 5.41) is 5.94. The number of ether oxygens (including phenoxy) is 1. The molecule has 1 aliphatic rings. The van der Waals surface area contributed by atoms with Crippen molar-refractivity contribution in [2.24, 2.45) is 0 Å². The minimum Gasteiger partial charge on any atom is -0.493 e. The maximum Gasteiger partial charge on any atom is 0.219 e. The van der Waals surface area contributed by atoms with Crippen LogP contribution in [0.15, 0.2) is 18.2 Å². The molecule has 2 rings (SSSR count). The lowest BCUT2D eigenvalue weighted by Gasteiger charge is -2.13. The van der Waals surface area contributed by atoms with Crippen molar-refractivity contribution in [2.75, 3.05) is 20.7 Å².